The van der Waals surface area contributed by atoms with Gasteiger partial charge in [-0.2, -0.15) is 0 Å². The third kappa shape index (κ3) is 10.6. The molecule has 0 atom stereocenters. The fraction of sp³-hybridized carbons (Fsp3) is 0.409. The van der Waals surface area contributed by atoms with Crippen molar-refractivity contribution in [2.24, 2.45) is 9.98 Å². The zero-order valence-electron chi connectivity index (χ0n) is 29.2. The second-order valence-corrected chi connectivity index (χ2v) is 12.9. The van der Waals surface area contributed by atoms with Gasteiger partial charge in [-0.3, -0.25) is 9.98 Å². The van der Waals surface area contributed by atoms with Gasteiger partial charge in [-0.1, -0.05) is 139 Å². The third-order valence-corrected chi connectivity index (χ3v) is 8.98. The lowest BCUT2D eigenvalue weighted by atomic mass is 9.91. The Labute approximate surface area is 280 Å². The minimum Gasteiger partial charge on any atom is -0.252 e. The van der Waals surface area contributed by atoms with Crippen LogP contribution in [0.1, 0.15) is 115 Å². The fourth-order valence-corrected chi connectivity index (χ4v) is 6.48. The summed E-state index contributed by atoms with van der Waals surface area (Å²) in [5.74, 6) is 0. The van der Waals surface area contributed by atoms with Crippen molar-refractivity contribution in [3.8, 4) is 22.3 Å². The maximum Gasteiger partial charge on any atom is 0.0642 e. The van der Waals surface area contributed by atoms with Gasteiger partial charge in [0, 0.05) is 0 Å². The summed E-state index contributed by atoms with van der Waals surface area (Å²) in [5.41, 5.74) is 13.3. The molecule has 0 unspecified atom stereocenters. The minimum atomic E-state index is 0.837. The van der Waals surface area contributed by atoms with E-state index < -0.39 is 0 Å². The predicted octanol–water partition coefficient (Wildman–Crippen LogP) is 13.6. The Morgan fingerprint density at radius 2 is 1.13 bits per heavy atom. The summed E-state index contributed by atoms with van der Waals surface area (Å²) >= 11 is 0. The number of hydrogen-bond donors (Lipinski definition) is 0. The first-order valence-corrected chi connectivity index (χ1v) is 18.0. The molecule has 0 N–H and O–H groups in total. The van der Waals surface area contributed by atoms with Gasteiger partial charge in [-0.05, 0) is 109 Å². The highest BCUT2D eigenvalue weighted by atomic mass is 14.8. The van der Waals surface area contributed by atoms with Gasteiger partial charge >= 0.3 is 0 Å². The third-order valence-electron chi connectivity index (χ3n) is 8.98. The first-order valence-electron chi connectivity index (χ1n) is 18.0. The van der Waals surface area contributed by atoms with Crippen LogP contribution in [-0.4, -0.2) is 11.4 Å². The van der Waals surface area contributed by atoms with Crippen molar-refractivity contribution in [2.45, 2.75) is 118 Å². The van der Waals surface area contributed by atoms with E-state index in [1.165, 1.54) is 103 Å². The molecule has 0 aliphatic rings. The molecule has 0 saturated carbocycles. The molecule has 0 spiro atoms. The Morgan fingerprint density at radius 3 is 1.80 bits per heavy atom. The van der Waals surface area contributed by atoms with Gasteiger partial charge in [0.1, 0.15) is 0 Å². The summed E-state index contributed by atoms with van der Waals surface area (Å²) in [7, 11) is 0. The average Bonchev–Trinajstić information content (AvgIpc) is 3.07. The second kappa shape index (κ2) is 19.0. The zero-order valence-corrected chi connectivity index (χ0v) is 29.2. The molecule has 4 rings (SSSR count). The maximum atomic E-state index is 5.25. The van der Waals surface area contributed by atoms with E-state index in [1.54, 1.807) is 0 Å². The lowest BCUT2D eigenvalue weighted by Gasteiger charge is -2.15. The maximum absolute atomic E-state index is 5.25. The van der Waals surface area contributed by atoms with E-state index in [2.05, 4.69) is 126 Å². The Bertz CT molecular complexity index is 1550. The average molecular weight is 613 g/mol. The molecule has 242 valence electrons. The van der Waals surface area contributed by atoms with E-state index in [-0.39, 0.29) is 0 Å². The molecule has 0 bridgehead atoms. The van der Waals surface area contributed by atoms with Crippen LogP contribution in [0.3, 0.4) is 0 Å². The molecule has 0 heterocycles. The lowest BCUT2D eigenvalue weighted by Crippen LogP contribution is -2.08. The summed E-state index contributed by atoms with van der Waals surface area (Å²) in [6.07, 6.45) is 15.9. The quantitative estimate of drug-likeness (QED) is 0.0789. The van der Waals surface area contributed by atoms with Crippen LogP contribution >= 0.6 is 0 Å². The topological polar surface area (TPSA) is 24.7 Å². The van der Waals surface area contributed by atoms with Crippen LogP contribution < -0.4 is 0 Å². The van der Waals surface area contributed by atoms with Crippen molar-refractivity contribution < 1.29 is 0 Å². The highest BCUT2D eigenvalue weighted by Crippen LogP contribution is 2.33. The molecular formula is C44H56N2. The molecule has 0 radical (unpaired) electrons. The van der Waals surface area contributed by atoms with E-state index in [0.717, 1.165) is 42.1 Å². The van der Waals surface area contributed by atoms with Crippen LogP contribution in [0, 0.1) is 6.92 Å². The van der Waals surface area contributed by atoms with Crippen LogP contribution in [-0.2, 0) is 12.8 Å². The number of benzene rings is 4. The zero-order chi connectivity index (χ0) is 32.6. The van der Waals surface area contributed by atoms with Crippen LogP contribution in [0.25, 0.3) is 22.3 Å². The molecule has 4 aromatic rings. The normalized spacial score (nSPS) is 12.1. The molecule has 0 saturated heterocycles. The van der Waals surface area contributed by atoms with Crippen molar-refractivity contribution in [1.82, 2.24) is 0 Å². The van der Waals surface area contributed by atoms with Crippen molar-refractivity contribution in [1.29, 1.82) is 0 Å². The number of nitrogens with zero attached hydrogens (tertiary/aromatic N) is 2. The molecule has 0 aliphatic carbocycles. The predicted molar refractivity (Wildman–Crippen MR) is 204 cm³/mol. The van der Waals surface area contributed by atoms with E-state index in [0.29, 0.717) is 0 Å². The van der Waals surface area contributed by atoms with Crippen LogP contribution in [0.2, 0.25) is 0 Å². The molecule has 0 aromatic heterocycles. The lowest BCUT2D eigenvalue weighted by molar-refractivity contribution is 0.607. The van der Waals surface area contributed by atoms with Gasteiger partial charge in [0.15, 0.2) is 0 Å². The molecule has 46 heavy (non-hydrogen) atoms. The second-order valence-electron chi connectivity index (χ2n) is 12.9. The summed E-state index contributed by atoms with van der Waals surface area (Å²) < 4.78 is 0. The number of hydrogen-bond acceptors (Lipinski definition) is 2. The molecule has 2 heteroatoms. The molecule has 0 aliphatic heterocycles. The van der Waals surface area contributed by atoms with Gasteiger partial charge in [0.25, 0.3) is 0 Å². The van der Waals surface area contributed by atoms with Crippen molar-refractivity contribution in [3.63, 3.8) is 0 Å². The smallest absolute Gasteiger partial charge is 0.0642 e. The Hall–Kier alpha value is -3.78. The largest absolute Gasteiger partial charge is 0.252 e. The molecule has 0 fully saturated rings. The monoisotopic (exact) mass is 612 g/mol. The highest BCUT2D eigenvalue weighted by molar-refractivity contribution is 6.42. The standard InChI is InChI=1S/C44H56N2/c1-6-9-11-13-14-17-23-36-30-40(37-24-19-15-20-25-37)33-42(31-36)45-35(5)43(8-3)46-41-29-34(4)44(38-26-21-16-22-27-38)39(32-41)28-18-12-10-7-2/h15-16,19-22,24-27,29-33H,6-14,17-18,23,28H2,1-5H3. The van der Waals surface area contributed by atoms with Crippen LogP contribution in [0.4, 0.5) is 11.4 Å². The SMILES string of the molecule is CCCCCCCCc1cc(N=C(C)C(CC)=Nc2cc(C)c(-c3ccccc3)c(CCCCCC)c2)cc(-c2ccccc2)c1. The molecule has 4 aromatic carbocycles. The van der Waals surface area contributed by atoms with E-state index >= 15 is 0 Å². The van der Waals surface area contributed by atoms with Gasteiger partial charge in [0.05, 0.1) is 22.8 Å². The van der Waals surface area contributed by atoms with E-state index in [4.69, 9.17) is 9.98 Å². The first-order chi connectivity index (χ1) is 22.5. The van der Waals surface area contributed by atoms with Crippen molar-refractivity contribution in [2.75, 3.05) is 0 Å². The summed E-state index contributed by atoms with van der Waals surface area (Å²) in [6, 6.07) is 33.1. The molecular weight excluding hydrogens is 556 g/mol. The minimum absolute atomic E-state index is 0.837. The highest BCUT2D eigenvalue weighted by Gasteiger charge is 2.12. The molecule has 2 nitrogen and oxygen atoms in total. The molecule has 0 amide bonds. The number of aryl methyl sites for hydroxylation is 3. The van der Waals surface area contributed by atoms with Gasteiger partial charge < -0.3 is 0 Å². The van der Waals surface area contributed by atoms with Crippen molar-refractivity contribution >= 4 is 22.8 Å². The Kier molecular flexibility index (Phi) is 14.5. The van der Waals surface area contributed by atoms with E-state index in [9.17, 15) is 0 Å². The van der Waals surface area contributed by atoms with E-state index in [1.807, 2.05) is 0 Å². The first kappa shape index (κ1) is 35.1. The van der Waals surface area contributed by atoms with Crippen LogP contribution in [0.15, 0.2) is 101 Å². The summed E-state index contributed by atoms with van der Waals surface area (Å²) in [5, 5.41) is 0. The van der Waals surface area contributed by atoms with Crippen LogP contribution in [0.5, 0.6) is 0 Å². The number of rotatable bonds is 18. The summed E-state index contributed by atoms with van der Waals surface area (Å²) in [4.78, 5) is 10.5. The number of unbranched alkanes of at least 4 members (excludes halogenated alkanes) is 8. The number of aliphatic imine (C=N–C) groups is 2. The van der Waals surface area contributed by atoms with Gasteiger partial charge in [-0.15, -0.1) is 0 Å². The van der Waals surface area contributed by atoms with Crippen molar-refractivity contribution in [3.05, 3.63) is 108 Å². The van der Waals surface area contributed by atoms with Gasteiger partial charge in [0.2, 0.25) is 0 Å². The summed E-state index contributed by atoms with van der Waals surface area (Å²) in [6.45, 7) is 11.1. The Balaban J connectivity index is 1.64. The Morgan fingerprint density at radius 1 is 0.543 bits per heavy atom. The van der Waals surface area contributed by atoms with Gasteiger partial charge in [-0.25, -0.2) is 0 Å². The fourth-order valence-electron chi connectivity index (χ4n) is 6.48.